The van der Waals surface area contributed by atoms with Crippen LogP contribution in [-0.2, 0) is 9.53 Å². The van der Waals surface area contributed by atoms with Crippen LogP contribution in [0.25, 0.3) is 11.1 Å². The largest absolute Gasteiger partial charge is 0.480 e. The SMILES string of the molecule is Cl.O=C(N[C@@H](CCCN1CCCCC1)C(=O)O)OCC1c2ccccc2-c2ccccc21. The number of carboxylic acids is 1. The first-order valence-corrected chi connectivity index (χ1v) is 11.2. The molecule has 172 valence electrons. The molecule has 2 aromatic rings. The highest BCUT2D eigenvalue weighted by molar-refractivity contribution is 5.85. The molecule has 6 nitrogen and oxygen atoms in total. The van der Waals surface area contributed by atoms with Crippen LogP contribution in [0.4, 0.5) is 4.79 Å². The molecule has 1 amide bonds. The van der Waals surface area contributed by atoms with Crippen molar-refractivity contribution in [3.63, 3.8) is 0 Å². The highest BCUT2D eigenvalue weighted by atomic mass is 35.5. The first-order chi connectivity index (χ1) is 15.1. The number of amides is 1. The maximum atomic E-state index is 12.4. The molecule has 1 aliphatic carbocycles. The highest BCUT2D eigenvalue weighted by Crippen LogP contribution is 2.44. The topological polar surface area (TPSA) is 78.9 Å². The predicted molar refractivity (Wildman–Crippen MR) is 126 cm³/mol. The zero-order valence-electron chi connectivity index (χ0n) is 18.2. The van der Waals surface area contributed by atoms with Crippen molar-refractivity contribution in [1.29, 1.82) is 0 Å². The van der Waals surface area contributed by atoms with Crippen molar-refractivity contribution in [2.24, 2.45) is 0 Å². The quantitative estimate of drug-likeness (QED) is 0.601. The fourth-order valence-electron chi connectivity index (χ4n) is 4.74. The van der Waals surface area contributed by atoms with Gasteiger partial charge in [0.05, 0.1) is 0 Å². The molecule has 7 heteroatoms. The Morgan fingerprint density at radius 1 is 1.00 bits per heavy atom. The summed E-state index contributed by atoms with van der Waals surface area (Å²) < 4.78 is 5.49. The van der Waals surface area contributed by atoms with E-state index in [2.05, 4.69) is 34.5 Å². The summed E-state index contributed by atoms with van der Waals surface area (Å²) >= 11 is 0. The molecule has 0 spiro atoms. The van der Waals surface area contributed by atoms with Gasteiger partial charge in [-0.3, -0.25) is 0 Å². The fourth-order valence-corrected chi connectivity index (χ4v) is 4.74. The van der Waals surface area contributed by atoms with Crippen LogP contribution in [-0.4, -0.2) is 54.4 Å². The molecule has 1 atom stereocenters. The van der Waals surface area contributed by atoms with E-state index in [1.807, 2.05) is 24.3 Å². The Bertz CT molecular complexity index is 884. The molecular formula is C25H31ClN2O4. The number of carbonyl (C=O) groups excluding carboxylic acids is 1. The molecule has 0 saturated carbocycles. The van der Waals surface area contributed by atoms with E-state index in [1.54, 1.807) is 0 Å². The van der Waals surface area contributed by atoms with Gasteiger partial charge in [0.25, 0.3) is 0 Å². The summed E-state index contributed by atoms with van der Waals surface area (Å²) in [4.78, 5) is 26.4. The summed E-state index contributed by atoms with van der Waals surface area (Å²) in [5, 5.41) is 12.1. The molecule has 0 radical (unpaired) electrons. The van der Waals surface area contributed by atoms with Gasteiger partial charge in [0.2, 0.25) is 0 Å². The van der Waals surface area contributed by atoms with Crippen LogP contribution in [0.3, 0.4) is 0 Å². The van der Waals surface area contributed by atoms with E-state index >= 15 is 0 Å². The maximum Gasteiger partial charge on any atom is 0.407 e. The van der Waals surface area contributed by atoms with Crippen molar-refractivity contribution in [1.82, 2.24) is 10.2 Å². The van der Waals surface area contributed by atoms with E-state index in [0.717, 1.165) is 48.3 Å². The third-order valence-electron chi connectivity index (χ3n) is 6.35. The molecule has 0 bridgehead atoms. The number of fused-ring (bicyclic) bond motifs is 3. The van der Waals surface area contributed by atoms with Crippen molar-refractivity contribution in [3.05, 3.63) is 59.7 Å². The second-order valence-electron chi connectivity index (χ2n) is 8.41. The predicted octanol–water partition coefficient (Wildman–Crippen LogP) is 4.67. The van der Waals surface area contributed by atoms with E-state index in [4.69, 9.17) is 4.74 Å². The Labute approximate surface area is 195 Å². The Balaban J connectivity index is 0.00000289. The number of ether oxygens (including phenoxy) is 1. The van der Waals surface area contributed by atoms with E-state index < -0.39 is 18.1 Å². The average Bonchev–Trinajstić information content (AvgIpc) is 3.11. The normalized spacial score (nSPS) is 16.4. The van der Waals surface area contributed by atoms with Crippen LogP contribution >= 0.6 is 12.4 Å². The highest BCUT2D eigenvalue weighted by Gasteiger charge is 2.29. The number of halogens is 1. The van der Waals surface area contributed by atoms with Crippen molar-refractivity contribution in [2.75, 3.05) is 26.2 Å². The van der Waals surface area contributed by atoms with Gasteiger partial charge < -0.3 is 20.1 Å². The van der Waals surface area contributed by atoms with Crippen LogP contribution in [0, 0.1) is 0 Å². The number of carbonyl (C=O) groups is 2. The monoisotopic (exact) mass is 458 g/mol. The number of rotatable bonds is 8. The number of carboxylic acid groups (broad SMARTS) is 1. The lowest BCUT2D eigenvalue weighted by Gasteiger charge is -2.26. The number of alkyl carbamates (subject to hydrolysis) is 1. The lowest BCUT2D eigenvalue weighted by Crippen LogP contribution is -2.42. The van der Waals surface area contributed by atoms with Crippen molar-refractivity contribution >= 4 is 24.5 Å². The van der Waals surface area contributed by atoms with Gasteiger partial charge in [0.15, 0.2) is 0 Å². The third kappa shape index (κ3) is 5.61. The van der Waals surface area contributed by atoms with E-state index in [0.29, 0.717) is 6.42 Å². The zero-order valence-corrected chi connectivity index (χ0v) is 19.0. The van der Waals surface area contributed by atoms with Gasteiger partial charge in [-0.05, 0) is 67.6 Å². The summed E-state index contributed by atoms with van der Waals surface area (Å²) in [7, 11) is 0. The third-order valence-corrected chi connectivity index (χ3v) is 6.35. The lowest BCUT2D eigenvalue weighted by atomic mass is 9.98. The summed E-state index contributed by atoms with van der Waals surface area (Å²) in [6.45, 7) is 3.21. The summed E-state index contributed by atoms with van der Waals surface area (Å²) in [6.07, 6.45) is 4.15. The lowest BCUT2D eigenvalue weighted by molar-refractivity contribution is -0.139. The standard InChI is InChI=1S/C25H30N2O4.ClH/c28-24(29)23(13-8-16-27-14-6-1-7-15-27)26-25(30)31-17-22-20-11-4-2-9-18(20)19-10-3-5-12-21(19)22;/h2-5,9-12,22-23H,1,6-8,13-17H2,(H,26,30)(H,28,29);1H/t23-;/m0./s1. The molecule has 1 aliphatic heterocycles. The molecule has 0 aromatic heterocycles. The minimum absolute atomic E-state index is 0. The van der Waals surface area contributed by atoms with Crippen LogP contribution in [0.15, 0.2) is 48.5 Å². The van der Waals surface area contributed by atoms with Gasteiger partial charge in [-0.2, -0.15) is 0 Å². The Kier molecular flexibility index (Phi) is 8.53. The summed E-state index contributed by atoms with van der Waals surface area (Å²) in [5.74, 6) is -1.06. The number of hydrogen-bond donors (Lipinski definition) is 2. The second-order valence-corrected chi connectivity index (χ2v) is 8.41. The number of aliphatic carboxylic acids is 1. The summed E-state index contributed by atoms with van der Waals surface area (Å²) in [5.41, 5.74) is 4.59. The van der Waals surface area contributed by atoms with Gasteiger partial charge in [0.1, 0.15) is 12.6 Å². The van der Waals surface area contributed by atoms with Crippen molar-refractivity contribution in [2.45, 2.75) is 44.1 Å². The molecule has 2 aliphatic rings. The van der Waals surface area contributed by atoms with Gasteiger partial charge >= 0.3 is 12.1 Å². The molecule has 4 rings (SSSR count). The van der Waals surface area contributed by atoms with Crippen molar-refractivity contribution in [3.8, 4) is 11.1 Å². The number of hydrogen-bond acceptors (Lipinski definition) is 4. The van der Waals surface area contributed by atoms with E-state index in [9.17, 15) is 14.7 Å². The van der Waals surface area contributed by atoms with Gasteiger partial charge in [-0.15, -0.1) is 12.4 Å². The molecule has 2 aromatic carbocycles. The first kappa shape index (κ1) is 24.1. The number of benzene rings is 2. The average molecular weight is 459 g/mol. The Morgan fingerprint density at radius 3 is 2.19 bits per heavy atom. The van der Waals surface area contributed by atoms with Crippen LogP contribution < -0.4 is 5.32 Å². The zero-order chi connectivity index (χ0) is 21.6. The molecule has 1 saturated heterocycles. The number of nitrogens with one attached hydrogen (secondary N) is 1. The smallest absolute Gasteiger partial charge is 0.407 e. The second kappa shape index (κ2) is 11.3. The molecule has 2 N–H and O–H groups in total. The minimum atomic E-state index is -1.02. The molecule has 1 heterocycles. The Hall–Kier alpha value is -2.57. The van der Waals surface area contributed by atoms with Gasteiger partial charge in [-0.1, -0.05) is 55.0 Å². The van der Waals surface area contributed by atoms with Crippen LogP contribution in [0.5, 0.6) is 0 Å². The van der Waals surface area contributed by atoms with Crippen molar-refractivity contribution < 1.29 is 19.4 Å². The molecular weight excluding hydrogens is 428 g/mol. The van der Waals surface area contributed by atoms with Gasteiger partial charge in [0, 0.05) is 5.92 Å². The molecule has 32 heavy (non-hydrogen) atoms. The first-order valence-electron chi connectivity index (χ1n) is 11.2. The van der Waals surface area contributed by atoms with Crippen LogP contribution in [0.1, 0.15) is 49.1 Å². The number of nitrogens with zero attached hydrogens (tertiary/aromatic N) is 1. The van der Waals surface area contributed by atoms with Gasteiger partial charge in [-0.25, -0.2) is 9.59 Å². The number of likely N-dealkylation sites (tertiary alicyclic amines) is 1. The van der Waals surface area contributed by atoms with E-state index in [1.165, 1.54) is 19.3 Å². The van der Waals surface area contributed by atoms with E-state index in [-0.39, 0.29) is 24.9 Å². The minimum Gasteiger partial charge on any atom is -0.480 e. The maximum absolute atomic E-state index is 12.4. The number of piperidine rings is 1. The molecule has 0 unspecified atom stereocenters. The van der Waals surface area contributed by atoms with Crippen LogP contribution in [0.2, 0.25) is 0 Å². The molecule has 1 fully saturated rings. The Morgan fingerprint density at radius 2 is 1.59 bits per heavy atom. The fraction of sp³-hybridized carbons (Fsp3) is 0.440. The summed E-state index contributed by atoms with van der Waals surface area (Å²) in [6, 6.07) is 15.3.